The molecule has 1 N–H and O–H groups in total. The van der Waals surface area contributed by atoms with Crippen LogP contribution in [0.2, 0.25) is 0 Å². The molecule has 12 atom stereocenters. The molecule has 0 bridgehead atoms. The summed E-state index contributed by atoms with van der Waals surface area (Å²) in [6.07, 6.45) is 1.41. The molecule has 5 fully saturated rings. The molecular formula is C32H44O10. The Kier molecular flexibility index (Phi) is 6.37. The van der Waals surface area contributed by atoms with Crippen LogP contribution in [0.3, 0.4) is 0 Å². The summed E-state index contributed by atoms with van der Waals surface area (Å²) in [6, 6.07) is 0. The molecule has 0 amide bonds. The van der Waals surface area contributed by atoms with Gasteiger partial charge in [0.15, 0.2) is 0 Å². The molecule has 1 spiro atoms. The van der Waals surface area contributed by atoms with Gasteiger partial charge in [0.1, 0.15) is 23.9 Å². The standard InChI is InChI=1S/C32H44O10/c1-15(33)38-22-14-23(39-16(2)34)30(7)20-9-10-29(6)19(18-11-26(36)41-27(18)37)12-25-32(29,42-25)31(20,8)24(40-17(3)35)13-21(30)28(22,4)5/h11,19-25,27,37H,9-10,12-14H2,1-8H3/t19-,20+,21-,22+,23-,24+,25+,27-,29-,30+,31-,32+/m0/s1. The van der Waals surface area contributed by atoms with E-state index in [1.54, 1.807) is 0 Å². The monoisotopic (exact) mass is 588 g/mol. The fraction of sp³-hybridized carbons (Fsp3) is 0.812. The van der Waals surface area contributed by atoms with Crippen molar-refractivity contribution in [2.45, 2.75) is 124 Å². The predicted molar refractivity (Wildman–Crippen MR) is 146 cm³/mol. The lowest BCUT2D eigenvalue weighted by Gasteiger charge is -2.70. The number of aliphatic hydroxyl groups is 1. The number of fused-ring (bicyclic) bond motifs is 3. The van der Waals surface area contributed by atoms with Crippen LogP contribution in [0.5, 0.6) is 0 Å². The molecule has 0 aromatic carbocycles. The molecule has 4 saturated carbocycles. The average Bonchev–Trinajstić information content (AvgIpc) is 3.42. The van der Waals surface area contributed by atoms with Gasteiger partial charge in [0.2, 0.25) is 6.29 Å². The molecule has 0 aromatic rings. The van der Waals surface area contributed by atoms with Gasteiger partial charge in [-0.05, 0) is 43.4 Å². The Labute approximate surface area is 246 Å². The van der Waals surface area contributed by atoms with Crippen molar-refractivity contribution < 1.29 is 48.0 Å². The molecule has 0 unspecified atom stereocenters. The van der Waals surface area contributed by atoms with Crippen molar-refractivity contribution in [2.75, 3.05) is 0 Å². The SMILES string of the molecule is CC(=O)O[C@H]1C[C@@H](OC(C)=O)C(C)(C)[C@@H]2C[C@@H](OC(C)=O)[C@]3(C)[C@H](CC[C@@]4(C)[C@H](C5=CC(=O)O[C@@H]5O)C[C@H]5O[C@@]534)[C@@]12C. The van der Waals surface area contributed by atoms with E-state index in [4.69, 9.17) is 23.7 Å². The van der Waals surface area contributed by atoms with E-state index in [0.29, 0.717) is 24.8 Å². The normalized spacial score (nSPS) is 49.7. The third-order valence-corrected chi connectivity index (χ3v) is 12.9. The predicted octanol–water partition coefficient (Wildman–Crippen LogP) is 3.62. The number of epoxide rings is 1. The highest BCUT2D eigenvalue weighted by molar-refractivity contribution is 5.85. The van der Waals surface area contributed by atoms with E-state index in [1.807, 2.05) is 0 Å². The molecule has 0 aromatic heterocycles. The lowest BCUT2D eigenvalue weighted by atomic mass is 9.35. The van der Waals surface area contributed by atoms with E-state index in [9.17, 15) is 24.3 Å². The second-order valence-corrected chi connectivity index (χ2v) is 14.9. The molecule has 232 valence electrons. The fourth-order valence-electron chi connectivity index (χ4n) is 11.3. The third-order valence-electron chi connectivity index (χ3n) is 12.9. The third kappa shape index (κ3) is 3.57. The highest BCUT2D eigenvalue weighted by Gasteiger charge is 2.88. The summed E-state index contributed by atoms with van der Waals surface area (Å²) in [6.45, 7) is 15.0. The smallest absolute Gasteiger partial charge is 0.333 e. The van der Waals surface area contributed by atoms with Gasteiger partial charge in [-0.15, -0.1) is 0 Å². The van der Waals surface area contributed by atoms with E-state index >= 15 is 0 Å². The highest BCUT2D eigenvalue weighted by atomic mass is 16.6. The maximum atomic E-state index is 12.7. The van der Waals surface area contributed by atoms with Gasteiger partial charge >= 0.3 is 23.9 Å². The minimum atomic E-state index is -1.28. The number of carbonyl (C=O) groups excluding carboxylic acids is 4. The van der Waals surface area contributed by atoms with Gasteiger partial charge in [-0.3, -0.25) is 14.4 Å². The highest BCUT2D eigenvalue weighted by Crippen LogP contribution is 2.82. The minimum Gasteiger partial charge on any atom is -0.462 e. The fourth-order valence-corrected chi connectivity index (χ4v) is 11.3. The molecule has 10 nitrogen and oxygen atoms in total. The number of aliphatic hydroxyl groups excluding tert-OH is 1. The van der Waals surface area contributed by atoms with E-state index in [0.717, 1.165) is 12.8 Å². The first-order valence-corrected chi connectivity index (χ1v) is 15.2. The van der Waals surface area contributed by atoms with E-state index < -0.39 is 63.8 Å². The number of carbonyl (C=O) groups is 4. The molecule has 1 saturated heterocycles. The topological polar surface area (TPSA) is 138 Å². The molecule has 6 rings (SSSR count). The van der Waals surface area contributed by atoms with Crippen LogP contribution in [0.1, 0.15) is 87.5 Å². The first-order chi connectivity index (χ1) is 19.4. The summed E-state index contributed by atoms with van der Waals surface area (Å²) in [5, 5.41) is 10.6. The summed E-state index contributed by atoms with van der Waals surface area (Å²) >= 11 is 0. The van der Waals surface area contributed by atoms with Crippen molar-refractivity contribution >= 4 is 23.9 Å². The zero-order valence-corrected chi connectivity index (χ0v) is 25.9. The first kappa shape index (κ1) is 29.6. The summed E-state index contributed by atoms with van der Waals surface area (Å²) < 4.78 is 30.1. The Balaban J connectivity index is 1.49. The Morgan fingerprint density at radius 3 is 2.02 bits per heavy atom. The number of cyclic esters (lactones) is 1. The first-order valence-electron chi connectivity index (χ1n) is 15.2. The van der Waals surface area contributed by atoms with Crippen LogP contribution in [-0.4, -0.2) is 65.3 Å². The molecule has 6 aliphatic rings. The summed E-state index contributed by atoms with van der Waals surface area (Å²) in [5.41, 5.74) is -2.29. The Hall–Kier alpha value is -2.46. The summed E-state index contributed by atoms with van der Waals surface area (Å²) in [4.78, 5) is 49.5. The lowest BCUT2D eigenvalue weighted by Crippen LogP contribution is -2.74. The van der Waals surface area contributed by atoms with Crippen molar-refractivity contribution in [3.63, 3.8) is 0 Å². The quantitative estimate of drug-likeness (QED) is 0.294. The van der Waals surface area contributed by atoms with E-state index in [-0.39, 0.29) is 35.8 Å². The van der Waals surface area contributed by atoms with E-state index in [2.05, 4.69) is 34.6 Å². The maximum absolute atomic E-state index is 12.7. The van der Waals surface area contributed by atoms with Crippen molar-refractivity contribution in [2.24, 2.45) is 39.4 Å². The van der Waals surface area contributed by atoms with Crippen LogP contribution in [0.4, 0.5) is 0 Å². The largest absolute Gasteiger partial charge is 0.462 e. The van der Waals surface area contributed by atoms with Crippen molar-refractivity contribution in [1.82, 2.24) is 0 Å². The molecular weight excluding hydrogens is 544 g/mol. The maximum Gasteiger partial charge on any atom is 0.333 e. The zero-order chi connectivity index (χ0) is 30.8. The van der Waals surface area contributed by atoms with Gasteiger partial charge < -0.3 is 28.8 Å². The van der Waals surface area contributed by atoms with Gasteiger partial charge in [0.05, 0.1) is 6.10 Å². The van der Waals surface area contributed by atoms with Crippen LogP contribution in [-0.2, 0) is 42.9 Å². The van der Waals surface area contributed by atoms with Gasteiger partial charge in [-0.25, -0.2) is 4.79 Å². The second kappa shape index (κ2) is 9.03. The van der Waals surface area contributed by atoms with Crippen molar-refractivity contribution in [3.8, 4) is 0 Å². The zero-order valence-electron chi connectivity index (χ0n) is 25.9. The Morgan fingerprint density at radius 2 is 1.45 bits per heavy atom. The molecule has 42 heavy (non-hydrogen) atoms. The van der Waals surface area contributed by atoms with Crippen LogP contribution >= 0.6 is 0 Å². The molecule has 4 aliphatic carbocycles. The average molecular weight is 589 g/mol. The van der Waals surface area contributed by atoms with Crippen LogP contribution in [0.25, 0.3) is 0 Å². The summed E-state index contributed by atoms with van der Waals surface area (Å²) in [7, 11) is 0. The van der Waals surface area contributed by atoms with Gasteiger partial charge in [0, 0.05) is 60.5 Å². The second-order valence-electron chi connectivity index (χ2n) is 14.9. The molecule has 2 heterocycles. The molecule has 2 aliphatic heterocycles. The molecule has 10 heteroatoms. The van der Waals surface area contributed by atoms with Gasteiger partial charge in [-0.2, -0.15) is 0 Å². The number of rotatable bonds is 4. The summed E-state index contributed by atoms with van der Waals surface area (Å²) in [5.74, 6) is -2.04. The minimum absolute atomic E-state index is 0.0767. The van der Waals surface area contributed by atoms with E-state index in [1.165, 1.54) is 26.8 Å². The van der Waals surface area contributed by atoms with Gasteiger partial charge in [-0.1, -0.05) is 34.6 Å². The van der Waals surface area contributed by atoms with Crippen LogP contribution in [0, 0.1) is 39.4 Å². The number of hydrogen-bond acceptors (Lipinski definition) is 10. The lowest BCUT2D eigenvalue weighted by molar-refractivity contribution is -0.290. The Bertz CT molecular complexity index is 1270. The molecule has 0 radical (unpaired) electrons. The van der Waals surface area contributed by atoms with Crippen LogP contribution < -0.4 is 0 Å². The number of hydrogen-bond donors (Lipinski definition) is 1. The Morgan fingerprint density at radius 1 is 0.857 bits per heavy atom. The number of esters is 4. The van der Waals surface area contributed by atoms with Crippen molar-refractivity contribution in [1.29, 1.82) is 0 Å². The van der Waals surface area contributed by atoms with Crippen molar-refractivity contribution in [3.05, 3.63) is 11.6 Å². The van der Waals surface area contributed by atoms with Gasteiger partial charge in [0.25, 0.3) is 0 Å². The number of ether oxygens (including phenoxy) is 5. The van der Waals surface area contributed by atoms with Crippen LogP contribution in [0.15, 0.2) is 11.6 Å².